The van der Waals surface area contributed by atoms with Crippen molar-refractivity contribution in [2.75, 3.05) is 0 Å². The summed E-state index contributed by atoms with van der Waals surface area (Å²) in [4.78, 5) is 31.8. The Labute approximate surface area is 251 Å². The summed E-state index contributed by atoms with van der Waals surface area (Å²) in [6.45, 7) is 0. The minimum Gasteiger partial charge on any atom is -0.450 e. The minimum absolute atomic E-state index is 0.00679. The van der Waals surface area contributed by atoms with Gasteiger partial charge in [-0.15, -0.1) is 0 Å². The van der Waals surface area contributed by atoms with Crippen molar-refractivity contribution in [3.05, 3.63) is 124 Å². The molecule has 4 rings (SSSR count). The third-order valence-electron chi connectivity index (χ3n) is 4.85. The van der Waals surface area contributed by atoms with Gasteiger partial charge < -0.3 is 15.2 Å². The van der Waals surface area contributed by atoms with Gasteiger partial charge >= 0.3 is 11.4 Å². The van der Waals surface area contributed by atoms with Crippen molar-refractivity contribution in [3.63, 3.8) is 0 Å². The van der Waals surface area contributed by atoms with Gasteiger partial charge in [0.15, 0.2) is 0 Å². The Balaban J connectivity index is 0.000000226. The topological polar surface area (TPSA) is 172 Å². The highest BCUT2D eigenvalue weighted by atomic mass is 35.5. The normalized spacial score (nSPS) is 10.0. The summed E-state index contributed by atoms with van der Waals surface area (Å²) in [5, 5.41) is 32.1. The van der Waals surface area contributed by atoms with Crippen LogP contribution in [-0.4, -0.2) is 15.8 Å². The molecule has 0 aliphatic heterocycles. The van der Waals surface area contributed by atoms with Gasteiger partial charge in [0.2, 0.25) is 17.4 Å². The summed E-state index contributed by atoms with van der Waals surface area (Å²) < 4.78 is 10.8. The van der Waals surface area contributed by atoms with E-state index in [2.05, 4.69) is 0 Å². The predicted molar refractivity (Wildman–Crippen MR) is 152 cm³/mol. The van der Waals surface area contributed by atoms with Crippen LogP contribution in [0.4, 0.5) is 11.4 Å². The number of nitriles is 1. The van der Waals surface area contributed by atoms with E-state index in [1.54, 1.807) is 0 Å². The molecule has 0 aliphatic rings. The second kappa shape index (κ2) is 13.6. The molecule has 11 nitrogen and oxygen atoms in total. The van der Waals surface area contributed by atoms with E-state index in [0.29, 0.717) is 20.1 Å². The van der Waals surface area contributed by atoms with Crippen molar-refractivity contribution in [2.45, 2.75) is 0 Å². The molecule has 41 heavy (non-hydrogen) atoms. The van der Waals surface area contributed by atoms with Gasteiger partial charge in [0.1, 0.15) is 11.5 Å². The molecule has 4 aromatic rings. The molecule has 208 valence electrons. The summed E-state index contributed by atoms with van der Waals surface area (Å²) in [5.41, 5.74) is 4.58. The number of nitrogens with two attached hydrogens (primary N) is 1. The van der Waals surface area contributed by atoms with Crippen LogP contribution >= 0.6 is 46.4 Å². The van der Waals surface area contributed by atoms with Crippen LogP contribution in [0.5, 0.6) is 23.0 Å². The van der Waals surface area contributed by atoms with E-state index in [-0.39, 0.29) is 45.5 Å². The van der Waals surface area contributed by atoms with Crippen LogP contribution in [-0.2, 0) is 0 Å². The van der Waals surface area contributed by atoms with Gasteiger partial charge in [-0.1, -0.05) is 46.4 Å². The predicted octanol–water partition coefficient (Wildman–Crippen LogP) is 8.36. The lowest BCUT2D eigenvalue weighted by Gasteiger charge is -2.08. The molecular weight excluding hydrogens is 622 g/mol. The molecule has 0 fully saturated rings. The van der Waals surface area contributed by atoms with Crippen LogP contribution in [0, 0.1) is 31.6 Å². The van der Waals surface area contributed by atoms with Crippen molar-refractivity contribution in [1.82, 2.24) is 0 Å². The number of benzene rings is 4. The lowest BCUT2D eigenvalue weighted by atomic mass is 10.2. The van der Waals surface area contributed by atoms with Gasteiger partial charge in [-0.05, 0) is 60.7 Å². The third-order valence-corrected chi connectivity index (χ3v) is 5.73. The molecule has 0 bridgehead atoms. The molecule has 0 aromatic heterocycles. The number of nitrogens with zero attached hydrogens (tertiary/aromatic N) is 3. The van der Waals surface area contributed by atoms with Crippen LogP contribution in [0.1, 0.15) is 15.9 Å². The molecule has 0 atom stereocenters. The van der Waals surface area contributed by atoms with E-state index in [0.717, 1.165) is 12.1 Å². The third kappa shape index (κ3) is 8.69. The van der Waals surface area contributed by atoms with Crippen LogP contribution in [0.15, 0.2) is 72.8 Å². The Morgan fingerprint density at radius 3 is 1.51 bits per heavy atom. The van der Waals surface area contributed by atoms with Gasteiger partial charge in [-0.25, -0.2) is 0 Å². The Morgan fingerprint density at radius 2 is 1.12 bits per heavy atom. The number of halogens is 4. The Kier molecular flexibility index (Phi) is 10.3. The molecule has 0 heterocycles. The van der Waals surface area contributed by atoms with Crippen molar-refractivity contribution >= 4 is 63.7 Å². The molecule has 0 radical (unpaired) electrons. The molecule has 0 saturated heterocycles. The molecule has 0 spiro atoms. The SMILES string of the molecule is N#Cc1ccc(Oc2cc(Cl)cc(Cl)c2)c([N+](=O)[O-])c1.NC(=O)c1ccc(Oc2cc(Cl)cc(Cl)c2)c([N+](=O)[O-])c1. The highest BCUT2D eigenvalue weighted by Gasteiger charge is 2.19. The van der Waals surface area contributed by atoms with Crippen LogP contribution in [0.3, 0.4) is 0 Å². The van der Waals surface area contributed by atoms with E-state index in [1.807, 2.05) is 6.07 Å². The van der Waals surface area contributed by atoms with E-state index >= 15 is 0 Å². The fourth-order valence-corrected chi connectivity index (χ4v) is 4.16. The fraction of sp³-hybridized carbons (Fsp3) is 0. The number of carbonyl (C=O) groups is 1. The highest BCUT2D eigenvalue weighted by molar-refractivity contribution is 6.35. The first-order valence-corrected chi connectivity index (χ1v) is 12.4. The summed E-state index contributed by atoms with van der Waals surface area (Å²) in [6.07, 6.45) is 0. The summed E-state index contributed by atoms with van der Waals surface area (Å²) in [7, 11) is 0. The molecule has 0 unspecified atom stereocenters. The van der Waals surface area contributed by atoms with Crippen molar-refractivity contribution in [1.29, 1.82) is 5.26 Å². The Hall–Kier alpha value is -4.60. The van der Waals surface area contributed by atoms with Gasteiger partial charge in [0.25, 0.3) is 0 Å². The number of rotatable bonds is 7. The Bertz CT molecular complexity index is 1670. The van der Waals surface area contributed by atoms with Crippen LogP contribution in [0.25, 0.3) is 0 Å². The summed E-state index contributed by atoms with van der Waals surface area (Å²) >= 11 is 23.3. The van der Waals surface area contributed by atoms with E-state index in [9.17, 15) is 25.0 Å². The quantitative estimate of drug-likeness (QED) is 0.156. The largest absolute Gasteiger partial charge is 0.450 e. The average molecular weight is 636 g/mol. The molecule has 0 aliphatic carbocycles. The second-order valence-electron chi connectivity index (χ2n) is 7.77. The number of hydrogen-bond donors (Lipinski definition) is 1. The molecular formula is C26H14Cl4N4O7. The van der Waals surface area contributed by atoms with Crippen LogP contribution in [0.2, 0.25) is 20.1 Å². The molecule has 1 amide bonds. The van der Waals surface area contributed by atoms with Gasteiger partial charge in [-0.2, -0.15) is 5.26 Å². The van der Waals surface area contributed by atoms with Gasteiger partial charge in [0.05, 0.1) is 21.5 Å². The monoisotopic (exact) mass is 634 g/mol. The maximum Gasteiger partial charge on any atom is 0.312 e. The average Bonchev–Trinajstić information content (AvgIpc) is 2.88. The first-order valence-electron chi connectivity index (χ1n) is 10.9. The maximum absolute atomic E-state index is 11.1. The number of hydrogen-bond acceptors (Lipinski definition) is 8. The number of amides is 1. The molecule has 4 aromatic carbocycles. The van der Waals surface area contributed by atoms with Crippen molar-refractivity contribution in [2.24, 2.45) is 5.73 Å². The van der Waals surface area contributed by atoms with Gasteiger partial charge in [0, 0.05) is 37.8 Å². The maximum atomic E-state index is 11.1. The lowest BCUT2D eigenvalue weighted by Crippen LogP contribution is -2.11. The lowest BCUT2D eigenvalue weighted by molar-refractivity contribution is -0.385. The first-order chi connectivity index (χ1) is 19.4. The second-order valence-corrected chi connectivity index (χ2v) is 9.52. The summed E-state index contributed by atoms with van der Waals surface area (Å²) in [6, 6.07) is 18.3. The van der Waals surface area contributed by atoms with Gasteiger partial charge in [-0.3, -0.25) is 25.0 Å². The number of nitro benzene ring substituents is 2. The van der Waals surface area contributed by atoms with Crippen LogP contribution < -0.4 is 15.2 Å². The first kappa shape index (κ1) is 30.9. The zero-order chi connectivity index (χ0) is 30.3. The van der Waals surface area contributed by atoms with Crippen molar-refractivity contribution < 1.29 is 24.1 Å². The minimum atomic E-state index is -0.768. The number of primary amides is 1. The standard InChI is InChI=1S/C13H8Cl2N2O4.C13H6Cl2N2O3/c14-8-4-9(15)6-10(5-8)21-12-2-1-7(13(16)18)3-11(12)17(19)20;14-9-4-10(15)6-11(5-9)20-13-2-1-8(7-16)3-12(13)17(18)19/h1-6H,(H2,16,18);1-6H. The smallest absolute Gasteiger partial charge is 0.312 e. The zero-order valence-corrected chi connectivity index (χ0v) is 23.2. The molecule has 15 heteroatoms. The summed E-state index contributed by atoms with van der Waals surface area (Å²) in [5.74, 6) is -0.302. The van der Waals surface area contributed by atoms with Crippen molar-refractivity contribution in [3.8, 4) is 29.1 Å². The number of nitro groups is 2. The zero-order valence-electron chi connectivity index (χ0n) is 20.2. The van der Waals surface area contributed by atoms with E-state index in [4.69, 9.17) is 66.9 Å². The highest BCUT2D eigenvalue weighted by Crippen LogP contribution is 2.35. The van der Waals surface area contributed by atoms with E-state index in [1.165, 1.54) is 60.7 Å². The van der Waals surface area contributed by atoms with E-state index < -0.39 is 15.8 Å². The molecule has 2 N–H and O–H groups in total. The number of ether oxygens (including phenoxy) is 2. The number of carbonyl (C=O) groups excluding carboxylic acids is 1. The fourth-order valence-electron chi connectivity index (χ4n) is 3.14. The molecule has 0 saturated carbocycles. The Morgan fingerprint density at radius 1 is 0.707 bits per heavy atom.